The van der Waals surface area contributed by atoms with Crippen LogP contribution < -0.4 is 10.3 Å². The highest BCUT2D eigenvalue weighted by atomic mass is 16.5. The first-order chi connectivity index (χ1) is 9.24. The van der Waals surface area contributed by atoms with Crippen molar-refractivity contribution in [1.82, 2.24) is 19.9 Å². The van der Waals surface area contributed by atoms with Crippen molar-refractivity contribution in [2.45, 2.75) is 18.9 Å². The molecule has 1 aliphatic heterocycles. The Kier molecular flexibility index (Phi) is 3.16. The second-order valence-corrected chi connectivity index (χ2v) is 4.88. The van der Waals surface area contributed by atoms with Crippen molar-refractivity contribution in [2.24, 2.45) is 0 Å². The fourth-order valence-corrected chi connectivity index (χ4v) is 2.36. The molecule has 3 heterocycles. The minimum absolute atomic E-state index is 0.142. The van der Waals surface area contributed by atoms with E-state index in [2.05, 4.69) is 26.9 Å². The predicted octanol–water partition coefficient (Wildman–Crippen LogP) is 0.791. The number of likely N-dealkylation sites (tertiary alicyclic amines) is 1. The molecule has 6 nitrogen and oxygen atoms in total. The summed E-state index contributed by atoms with van der Waals surface area (Å²) in [6, 6.07) is 0. The highest BCUT2D eigenvalue weighted by Crippen LogP contribution is 2.23. The van der Waals surface area contributed by atoms with Crippen molar-refractivity contribution >= 4 is 10.9 Å². The Morgan fingerprint density at radius 1 is 1.37 bits per heavy atom. The van der Waals surface area contributed by atoms with Gasteiger partial charge in [-0.25, -0.2) is 4.98 Å². The van der Waals surface area contributed by atoms with Crippen LogP contribution in [0.15, 0.2) is 23.5 Å². The summed E-state index contributed by atoms with van der Waals surface area (Å²) in [5.41, 5.74) is 0.379. The van der Waals surface area contributed by atoms with Gasteiger partial charge in [-0.15, -0.1) is 0 Å². The van der Waals surface area contributed by atoms with Crippen LogP contribution in [0.2, 0.25) is 0 Å². The lowest BCUT2D eigenvalue weighted by Gasteiger charge is -2.29. The maximum absolute atomic E-state index is 11.9. The van der Waals surface area contributed by atoms with Gasteiger partial charge in [0.05, 0.1) is 24.2 Å². The SMILES string of the molecule is CN1CCC(Oc2cncc3nc[nH]c(=O)c23)CC1. The number of nitrogens with zero attached hydrogens (tertiary/aromatic N) is 3. The first kappa shape index (κ1) is 12.1. The van der Waals surface area contributed by atoms with E-state index < -0.39 is 0 Å². The molecular weight excluding hydrogens is 244 g/mol. The van der Waals surface area contributed by atoms with Crippen LogP contribution in [0.4, 0.5) is 0 Å². The number of aromatic amines is 1. The summed E-state index contributed by atoms with van der Waals surface area (Å²) in [6.45, 7) is 2.02. The predicted molar refractivity (Wildman–Crippen MR) is 71.3 cm³/mol. The average Bonchev–Trinajstić information content (AvgIpc) is 2.42. The van der Waals surface area contributed by atoms with Crippen LogP contribution in [0.3, 0.4) is 0 Å². The number of pyridine rings is 1. The second kappa shape index (κ2) is 4.97. The number of ether oxygens (including phenoxy) is 1. The molecule has 19 heavy (non-hydrogen) atoms. The van der Waals surface area contributed by atoms with E-state index in [0.717, 1.165) is 25.9 Å². The Balaban J connectivity index is 1.91. The third-order valence-corrected chi connectivity index (χ3v) is 3.48. The fraction of sp³-hybridized carbons (Fsp3) is 0.462. The minimum atomic E-state index is -0.185. The Morgan fingerprint density at radius 3 is 2.95 bits per heavy atom. The molecule has 0 saturated carbocycles. The van der Waals surface area contributed by atoms with Gasteiger partial charge in [0.25, 0.3) is 5.56 Å². The van der Waals surface area contributed by atoms with E-state index in [1.54, 1.807) is 12.4 Å². The van der Waals surface area contributed by atoms with Crippen LogP contribution in [0.5, 0.6) is 5.75 Å². The van der Waals surface area contributed by atoms with E-state index in [1.807, 2.05) is 0 Å². The van der Waals surface area contributed by atoms with E-state index in [1.165, 1.54) is 6.33 Å². The van der Waals surface area contributed by atoms with Gasteiger partial charge in [0.2, 0.25) is 0 Å². The summed E-state index contributed by atoms with van der Waals surface area (Å²) in [5.74, 6) is 0.529. The number of hydrogen-bond donors (Lipinski definition) is 1. The lowest BCUT2D eigenvalue weighted by atomic mass is 10.1. The maximum atomic E-state index is 11.9. The highest BCUT2D eigenvalue weighted by molar-refractivity contribution is 5.82. The van der Waals surface area contributed by atoms with Crippen LogP contribution in [0.1, 0.15) is 12.8 Å². The normalized spacial score (nSPS) is 17.7. The molecule has 100 valence electrons. The van der Waals surface area contributed by atoms with E-state index in [9.17, 15) is 4.79 Å². The number of hydrogen-bond acceptors (Lipinski definition) is 5. The van der Waals surface area contributed by atoms with Crippen LogP contribution >= 0.6 is 0 Å². The zero-order valence-electron chi connectivity index (χ0n) is 10.8. The smallest absolute Gasteiger partial charge is 0.262 e. The van der Waals surface area contributed by atoms with Gasteiger partial charge < -0.3 is 14.6 Å². The molecule has 3 rings (SSSR count). The summed E-state index contributed by atoms with van der Waals surface area (Å²) in [6.07, 6.45) is 6.62. The van der Waals surface area contributed by atoms with Gasteiger partial charge in [0.15, 0.2) is 5.75 Å². The molecule has 0 amide bonds. The molecule has 0 unspecified atom stereocenters. The molecule has 0 radical (unpaired) electrons. The molecule has 1 N–H and O–H groups in total. The largest absolute Gasteiger partial charge is 0.488 e. The number of fused-ring (bicyclic) bond motifs is 1. The molecule has 6 heteroatoms. The fourth-order valence-electron chi connectivity index (χ4n) is 2.36. The zero-order chi connectivity index (χ0) is 13.2. The Hall–Kier alpha value is -1.95. The topological polar surface area (TPSA) is 71.1 Å². The van der Waals surface area contributed by atoms with Crippen molar-refractivity contribution in [2.75, 3.05) is 20.1 Å². The number of rotatable bonds is 2. The van der Waals surface area contributed by atoms with Gasteiger partial charge in [-0.3, -0.25) is 9.78 Å². The number of nitrogens with one attached hydrogen (secondary N) is 1. The summed E-state index contributed by atoms with van der Waals surface area (Å²) in [4.78, 5) is 24.9. The van der Waals surface area contributed by atoms with Crippen LogP contribution in [-0.4, -0.2) is 46.1 Å². The van der Waals surface area contributed by atoms with Crippen molar-refractivity contribution in [3.05, 3.63) is 29.1 Å². The van der Waals surface area contributed by atoms with Gasteiger partial charge in [0, 0.05) is 13.1 Å². The minimum Gasteiger partial charge on any atom is -0.488 e. The summed E-state index contributed by atoms with van der Waals surface area (Å²) >= 11 is 0. The standard InChI is InChI=1S/C13H16N4O2/c1-17-4-2-9(3-5-17)19-11-7-14-6-10-12(11)13(18)16-8-15-10/h6-9H,2-5H2,1H3,(H,15,16,18). The Bertz CT molecular complexity index is 627. The summed E-state index contributed by atoms with van der Waals surface area (Å²) in [7, 11) is 2.10. The molecule has 0 atom stereocenters. The quantitative estimate of drug-likeness (QED) is 0.864. The van der Waals surface area contributed by atoms with Gasteiger partial charge in [-0.1, -0.05) is 0 Å². The lowest BCUT2D eigenvalue weighted by Crippen LogP contribution is -2.35. The lowest BCUT2D eigenvalue weighted by molar-refractivity contribution is 0.115. The van der Waals surface area contributed by atoms with Crippen molar-refractivity contribution in [3.8, 4) is 5.75 Å². The molecule has 1 saturated heterocycles. The molecule has 1 aliphatic rings. The first-order valence-corrected chi connectivity index (χ1v) is 6.40. The van der Waals surface area contributed by atoms with E-state index in [0.29, 0.717) is 16.7 Å². The summed E-state index contributed by atoms with van der Waals surface area (Å²) in [5, 5.41) is 0.483. The van der Waals surface area contributed by atoms with Gasteiger partial charge in [0.1, 0.15) is 11.5 Å². The average molecular weight is 260 g/mol. The van der Waals surface area contributed by atoms with Crippen molar-refractivity contribution in [3.63, 3.8) is 0 Å². The van der Waals surface area contributed by atoms with E-state index in [4.69, 9.17) is 4.74 Å². The molecule has 2 aromatic rings. The maximum Gasteiger partial charge on any atom is 0.262 e. The molecule has 1 fully saturated rings. The third kappa shape index (κ3) is 2.44. The monoisotopic (exact) mass is 260 g/mol. The van der Waals surface area contributed by atoms with E-state index in [-0.39, 0.29) is 11.7 Å². The van der Waals surface area contributed by atoms with Gasteiger partial charge in [-0.2, -0.15) is 0 Å². The molecule has 2 aromatic heterocycles. The zero-order valence-corrected chi connectivity index (χ0v) is 10.8. The number of piperidine rings is 1. The van der Waals surface area contributed by atoms with Gasteiger partial charge in [-0.05, 0) is 19.9 Å². The Morgan fingerprint density at radius 2 is 2.16 bits per heavy atom. The van der Waals surface area contributed by atoms with Crippen molar-refractivity contribution in [1.29, 1.82) is 0 Å². The third-order valence-electron chi connectivity index (χ3n) is 3.48. The van der Waals surface area contributed by atoms with Crippen LogP contribution in [-0.2, 0) is 0 Å². The van der Waals surface area contributed by atoms with E-state index >= 15 is 0 Å². The first-order valence-electron chi connectivity index (χ1n) is 6.40. The molecule has 0 spiro atoms. The number of H-pyrrole nitrogens is 1. The van der Waals surface area contributed by atoms with Crippen LogP contribution in [0.25, 0.3) is 10.9 Å². The molecule has 0 aromatic carbocycles. The molecule has 0 aliphatic carbocycles. The van der Waals surface area contributed by atoms with Gasteiger partial charge >= 0.3 is 0 Å². The Labute approximate surface area is 110 Å². The van der Waals surface area contributed by atoms with Crippen molar-refractivity contribution < 1.29 is 4.74 Å². The molecular formula is C13H16N4O2. The summed E-state index contributed by atoms with van der Waals surface area (Å²) < 4.78 is 5.95. The highest BCUT2D eigenvalue weighted by Gasteiger charge is 2.19. The second-order valence-electron chi connectivity index (χ2n) is 4.88. The molecule has 0 bridgehead atoms. The van der Waals surface area contributed by atoms with Crippen LogP contribution in [0, 0.1) is 0 Å². The number of aromatic nitrogens is 3.